The minimum Gasteiger partial charge on any atom is -0.467 e. The molecule has 0 unspecified atom stereocenters. The maximum absolute atomic E-state index is 5.99. The Kier molecular flexibility index (Phi) is 3.14. The minimum atomic E-state index is 0.627. The van der Waals surface area contributed by atoms with E-state index in [9.17, 15) is 0 Å². The molecule has 1 N–H and O–H groups in total. The highest BCUT2D eigenvalue weighted by atomic mass is 35.5. The van der Waals surface area contributed by atoms with Gasteiger partial charge in [-0.3, -0.25) is 4.68 Å². The van der Waals surface area contributed by atoms with Gasteiger partial charge in [-0.05, 0) is 25.8 Å². The fourth-order valence-corrected chi connectivity index (χ4v) is 2.08. The fraction of sp³-hybridized carbons (Fsp3) is 0.462. The second kappa shape index (κ2) is 4.78. The Bertz CT molecular complexity index is 523. The predicted octanol–water partition coefficient (Wildman–Crippen LogP) is 2.74. The minimum absolute atomic E-state index is 0.627. The lowest BCUT2D eigenvalue weighted by Gasteiger charge is -2.04. The van der Waals surface area contributed by atoms with Crippen molar-refractivity contribution in [3.05, 3.63) is 40.6 Å². The molecule has 96 valence electrons. The normalized spacial score (nSPS) is 15.2. The zero-order valence-corrected chi connectivity index (χ0v) is 11.1. The Hall–Kier alpha value is -1.26. The molecule has 2 aromatic heterocycles. The van der Waals surface area contributed by atoms with E-state index in [4.69, 9.17) is 16.0 Å². The topological polar surface area (TPSA) is 43.0 Å². The van der Waals surface area contributed by atoms with E-state index in [2.05, 4.69) is 10.4 Å². The molecule has 0 aromatic carbocycles. The summed E-state index contributed by atoms with van der Waals surface area (Å²) in [5.41, 5.74) is 2.05. The van der Waals surface area contributed by atoms with Crippen LogP contribution < -0.4 is 5.32 Å². The molecule has 3 rings (SSSR count). The van der Waals surface area contributed by atoms with E-state index in [1.807, 2.05) is 23.9 Å². The summed E-state index contributed by atoms with van der Waals surface area (Å²) in [5.74, 6) is 0.947. The van der Waals surface area contributed by atoms with Crippen LogP contribution >= 0.6 is 11.6 Å². The van der Waals surface area contributed by atoms with E-state index in [0.717, 1.165) is 18.0 Å². The van der Waals surface area contributed by atoms with Gasteiger partial charge in [0.1, 0.15) is 5.76 Å². The number of furan rings is 1. The summed E-state index contributed by atoms with van der Waals surface area (Å²) in [5, 5.41) is 8.52. The van der Waals surface area contributed by atoms with Crippen molar-refractivity contribution in [3.8, 4) is 0 Å². The summed E-state index contributed by atoms with van der Waals surface area (Å²) in [6.45, 7) is 3.39. The average Bonchev–Trinajstić information content (AvgIpc) is 2.99. The van der Waals surface area contributed by atoms with Crippen LogP contribution in [0.1, 0.15) is 29.9 Å². The summed E-state index contributed by atoms with van der Waals surface area (Å²) in [4.78, 5) is 0. The smallest absolute Gasteiger partial charge is 0.129 e. The molecule has 0 bridgehead atoms. The number of aryl methyl sites for hydroxylation is 1. The van der Waals surface area contributed by atoms with Gasteiger partial charge in [0.2, 0.25) is 0 Å². The molecule has 1 aliphatic carbocycles. The van der Waals surface area contributed by atoms with E-state index in [1.165, 1.54) is 18.4 Å². The molecule has 4 nitrogen and oxygen atoms in total. The Morgan fingerprint density at radius 1 is 1.56 bits per heavy atom. The molecule has 1 saturated carbocycles. The maximum atomic E-state index is 5.99. The van der Waals surface area contributed by atoms with Crippen molar-refractivity contribution < 1.29 is 4.42 Å². The Morgan fingerprint density at radius 2 is 2.39 bits per heavy atom. The van der Waals surface area contributed by atoms with Crippen molar-refractivity contribution in [1.29, 1.82) is 0 Å². The van der Waals surface area contributed by atoms with Gasteiger partial charge in [-0.15, -0.1) is 0 Å². The fourth-order valence-electron chi connectivity index (χ4n) is 1.93. The molecule has 1 aliphatic rings. The van der Waals surface area contributed by atoms with Crippen molar-refractivity contribution in [2.24, 2.45) is 0 Å². The second-order valence-corrected chi connectivity index (χ2v) is 5.19. The van der Waals surface area contributed by atoms with Crippen LogP contribution in [0.25, 0.3) is 0 Å². The molecule has 0 spiro atoms. The third kappa shape index (κ3) is 2.60. The molecule has 0 atom stereocenters. The molecule has 0 amide bonds. The summed E-state index contributed by atoms with van der Waals surface area (Å²) < 4.78 is 7.34. The number of nitrogens with zero attached hydrogens (tertiary/aromatic N) is 2. The standard InChI is InChI=1S/C13H16ClN3O/c1-9-12(14)7-17(16-9)8-13-10(4-5-18-13)6-15-11-2-3-11/h4-5,7,11,15H,2-3,6,8H2,1H3. The highest BCUT2D eigenvalue weighted by Gasteiger charge is 2.21. The summed E-state index contributed by atoms with van der Waals surface area (Å²) in [6, 6.07) is 2.72. The summed E-state index contributed by atoms with van der Waals surface area (Å²) in [7, 11) is 0. The maximum Gasteiger partial charge on any atom is 0.129 e. The first-order valence-corrected chi connectivity index (χ1v) is 6.58. The van der Waals surface area contributed by atoms with Crippen LogP contribution in [-0.4, -0.2) is 15.8 Å². The van der Waals surface area contributed by atoms with E-state index in [1.54, 1.807) is 6.26 Å². The van der Waals surface area contributed by atoms with Gasteiger partial charge in [0.05, 0.1) is 23.5 Å². The first-order valence-electron chi connectivity index (χ1n) is 6.20. The number of hydrogen-bond donors (Lipinski definition) is 1. The van der Waals surface area contributed by atoms with Gasteiger partial charge in [0.15, 0.2) is 0 Å². The Balaban J connectivity index is 1.69. The van der Waals surface area contributed by atoms with Crippen molar-refractivity contribution >= 4 is 11.6 Å². The van der Waals surface area contributed by atoms with Crippen molar-refractivity contribution in [3.63, 3.8) is 0 Å². The largest absolute Gasteiger partial charge is 0.467 e. The van der Waals surface area contributed by atoms with Gasteiger partial charge in [-0.25, -0.2) is 0 Å². The second-order valence-electron chi connectivity index (χ2n) is 4.78. The Morgan fingerprint density at radius 3 is 3.06 bits per heavy atom. The van der Waals surface area contributed by atoms with E-state index in [0.29, 0.717) is 17.6 Å². The van der Waals surface area contributed by atoms with Crippen LogP contribution in [0.3, 0.4) is 0 Å². The first-order chi connectivity index (χ1) is 8.72. The zero-order chi connectivity index (χ0) is 12.5. The lowest BCUT2D eigenvalue weighted by Crippen LogP contribution is -2.16. The van der Waals surface area contributed by atoms with Crippen LogP contribution in [0.15, 0.2) is 22.9 Å². The quantitative estimate of drug-likeness (QED) is 0.904. The summed E-state index contributed by atoms with van der Waals surface area (Å²) in [6.07, 6.45) is 6.15. The van der Waals surface area contributed by atoms with Crippen molar-refractivity contribution in [2.45, 2.75) is 38.9 Å². The molecule has 0 aliphatic heterocycles. The molecule has 0 saturated heterocycles. The Labute approximate surface area is 111 Å². The molecular weight excluding hydrogens is 250 g/mol. The molecule has 2 heterocycles. The van der Waals surface area contributed by atoms with E-state index in [-0.39, 0.29) is 0 Å². The van der Waals surface area contributed by atoms with Gasteiger partial charge < -0.3 is 9.73 Å². The monoisotopic (exact) mass is 265 g/mol. The van der Waals surface area contributed by atoms with Crippen LogP contribution in [0.4, 0.5) is 0 Å². The number of rotatable bonds is 5. The third-order valence-electron chi connectivity index (χ3n) is 3.19. The molecule has 5 heteroatoms. The number of halogens is 1. The van der Waals surface area contributed by atoms with Crippen LogP contribution in [0, 0.1) is 6.92 Å². The van der Waals surface area contributed by atoms with E-state index < -0.39 is 0 Å². The molecule has 0 radical (unpaired) electrons. The van der Waals surface area contributed by atoms with Gasteiger partial charge in [-0.1, -0.05) is 11.6 Å². The van der Waals surface area contributed by atoms with Crippen LogP contribution in [0.2, 0.25) is 5.02 Å². The SMILES string of the molecule is Cc1nn(Cc2occc2CNC2CC2)cc1Cl. The van der Waals surface area contributed by atoms with Gasteiger partial charge in [-0.2, -0.15) is 5.10 Å². The predicted molar refractivity (Wildman–Crippen MR) is 69.6 cm³/mol. The molecular formula is C13H16ClN3O. The van der Waals surface area contributed by atoms with Gasteiger partial charge >= 0.3 is 0 Å². The van der Waals surface area contributed by atoms with Crippen molar-refractivity contribution in [1.82, 2.24) is 15.1 Å². The van der Waals surface area contributed by atoms with Crippen molar-refractivity contribution in [2.75, 3.05) is 0 Å². The lowest BCUT2D eigenvalue weighted by atomic mass is 10.2. The average molecular weight is 266 g/mol. The highest BCUT2D eigenvalue weighted by molar-refractivity contribution is 6.31. The van der Waals surface area contributed by atoms with Gasteiger partial charge in [0, 0.05) is 24.3 Å². The van der Waals surface area contributed by atoms with E-state index >= 15 is 0 Å². The summed E-state index contributed by atoms with van der Waals surface area (Å²) >= 11 is 5.99. The van der Waals surface area contributed by atoms with Gasteiger partial charge in [0.25, 0.3) is 0 Å². The molecule has 2 aromatic rings. The molecule has 18 heavy (non-hydrogen) atoms. The third-order valence-corrected chi connectivity index (χ3v) is 3.56. The number of aromatic nitrogens is 2. The zero-order valence-electron chi connectivity index (χ0n) is 10.3. The number of nitrogens with one attached hydrogen (secondary N) is 1. The highest BCUT2D eigenvalue weighted by Crippen LogP contribution is 2.21. The number of hydrogen-bond acceptors (Lipinski definition) is 3. The molecule has 1 fully saturated rings. The van der Waals surface area contributed by atoms with Crippen LogP contribution in [-0.2, 0) is 13.1 Å². The lowest BCUT2D eigenvalue weighted by molar-refractivity contribution is 0.471. The van der Waals surface area contributed by atoms with Crippen LogP contribution in [0.5, 0.6) is 0 Å². The first kappa shape index (κ1) is 11.8.